The molecule has 0 atom stereocenters. The molecular formula is C12H15N3O. The van der Waals surface area contributed by atoms with Gasteiger partial charge in [-0.2, -0.15) is 0 Å². The van der Waals surface area contributed by atoms with E-state index in [0.717, 1.165) is 23.4 Å². The summed E-state index contributed by atoms with van der Waals surface area (Å²) in [6.07, 6.45) is 0.839. The Labute approximate surface area is 94.5 Å². The highest BCUT2D eigenvalue weighted by Gasteiger charge is 2.11. The third-order valence-corrected chi connectivity index (χ3v) is 2.58. The highest BCUT2D eigenvalue weighted by atomic mass is 16.3. The molecule has 0 aromatic carbocycles. The Morgan fingerprint density at radius 3 is 2.56 bits per heavy atom. The molecule has 16 heavy (non-hydrogen) atoms. The molecule has 2 N–H and O–H groups in total. The van der Waals surface area contributed by atoms with Crippen molar-refractivity contribution in [2.24, 2.45) is 0 Å². The van der Waals surface area contributed by atoms with Crippen LogP contribution in [0.15, 0.2) is 16.5 Å². The molecule has 0 unspecified atom stereocenters. The molecule has 0 saturated carbocycles. The number of aromatic nitrogens is 2. The quantitative estimate of drug-likeness (QED) is 0.839. The molecule has 0 bridgehead atoms. The van der Waals surface area contributed by atoms with E-state index in [0.29, 0.717) is 17.4 Å². The van der Waals surface area contributed by atoms with E-state index in [2.05, 4.69) is 9.97 Å². The summed E-state index contributed by atoms with van der Waals surface area (Å²) in [5.41, 5.74) is 7.77. The van der Waals surface area contributed by atoms with Gasteiger partial charge in [-0.1, -0.05) is 6.92 Å². The molecule has 2 heterocycles. The molecule has 0 aliphatic carbocycles. The molecule has 0 aliphatic heterocycles. The molecule has 0 amide bonds. The van der Waals surface area contributed by atoms with Gasteiger partial charge in [0.1, 0.15) is 11.6 Å². The van der Waals surface area contributed by atoms with E-state index in [1.807, 2.05) is 32.9 Å². The molecule has 2 rings (SSSR count). The summed E-state index contributed by atoms with van der Waals surface area (Å²) in [7, 11) is 0. The second kappa shape index (κ2) is 3.96. The maximum absolute atomic E-state index is 5.85. The fourth-order valence-electron chi connectivity index (χ4n) is 1.59. The first kappa shape index (κ1) is 10.7. The molecule has 4 heteroatoms. The number of nitrogens with two attached hydrogens (primary N) is 1. The lowest BCUT2D eigenvalue weighted by atomic mass is 10.2. The highest BCUT2D eigenvalue weighted by molar-refractivity contribution is 5.53. The molecule has 84 valence electrons. The molecule has 0 fully saturated rings. The van der Waals surface area contributed by atoms with Crippen molar-refractivity contribution < 1.29 is 4.42 Å². The normalized spacial score (nSPS) is 10.7. The van der Waals surface area contributed by atoms with Gasteiger partial charge in [-0.25, -0.2) is 9.97 Å². The molecular weight excluding hydrogens is 202 g/mol. The SMILES string of the molecule is CCc1nc(-c2ccc(C)o2)nc(N)c1C. The van der Waals surface area contributed by atoms with Crippen LogP contribution in [0.1, 0.15) is 23.9 Å². The van der Waals surface area contributed by atoms with E-state index in [-0.39, 0.29) is 0 Å². The monoisotopic (exact) mass is 217 g/mol. The number of nitrogens with zero attached hydrogens (tertiary/aromatic N) is 2. The fraction of sp³-hybridized carbons (Fsp3) is 0.333. The summed E-state index contributed by atoms with van der Waals surface area (Å²) in [6.45, 7) is 5.87. The average Bonchev–Trinajstić information content (AvgIpc) is 2.69. The highest BCUT2D eigenvalue weighted by Crippen LogP contribution is 2.22. The summed E-state index contributed by atoms with van der Waals surface area (Å²) < 4.78 is 5.48. The van der Waals surface area contributed by atoms with Crippen molar-refractivity contribution in [2.45, 2.75) is 27.2 Å². The zero-order valence-corrected chi connectivity index (χ0v) is 9.74. The Kier molecular flexibility index (Phi) is 2.64. The minimum atomic E-state index is 0.524. The minimum absolute atomic E-state index is 0.524. The van der Waals surface area contributed by atoms with Crippen molar-refractivity contribution in [3.8, 4) is 11.6 Å². The lowest BCUT2D eigenvalue weighted by Gasteiger charge is -2.06. The van der Waals surface area contributed by atoms with Gasteiger partial charge in [0, 0.05) is 11.3 Å². The lowest BCUT2D eigenvalue weighted by Crippen LogP contribution is -2.03. The van der Waals surface area contributed by atoms with Crippen LogP contribution in [0, 0.1) is 13.8 Å². The Morgan fingerprint density at radius 2 is 2.00 bits per heavy atom. The van der Waals surface area contributed by atoms with Crippen LogP contribution in [0.4, 0.5) is 5.82 Å². The average molecular weight is 217 g/mol. The van der Waals surface area contributed by atoms with Crippen molar-refractivity contribution in [1.82, 2.24) is 9.97 Å². The number of nitrogen functional groups attached to an aromatic ring is 1. The summed E-state index contributed by atoms with van der Waals surface area (Å²) in [5, 5.41) is 0. The standard InChI is InChI=1S/C12H15N3O/c1-4-9-8(3)11(13)15-12(14-9)10-6-5-7(2)16-10/h5-6H,4H2,1-3H3,(H2,13,14,15). The first-order valence-corrected chi connectivity index (χ1v) is 5.31. The van der Waals surface area contributed by atoms with Crippen molar-refractivity contribution in [3.63, 3.8) is 0 Å². The zero-order chi connectivity index (χ0) is 11.7. The van der Waals surface area contributed by atoms with Crippen LogP contribution in [-0.4, -0.2) is 9.97 Å². The van der Waals surface area contributed by atoms with Crippen molar-refractivity contribution in [3.05, 3.63) is 29.2 Å². The van der Waals surface area contributed by atoms with Crippen molar-refractivity contribution in [2.75, 3.05) is 5.73 Å². The van der Waals surface area contributed by atoms with E-state index < -0.39 is 0 Å². The molecule has 4 nitrogen and oxygen atoms in total. The summed E-state index contributed by atoms with van der Waals surface area (Å²) >= 11 is 0. The number of anilines is 1. The summed E-state index contributed by atoms with van der Waals surface area (Å²) in [4.78, 5) is 8.69. The Balaban J connectivity index is 2.54. The van der Waals surface area contributed by atoms with E-state index >= 15 is 0 Å². The van der Waals surface area contributed by atoms with Crippen LogP contribution in [0.2, 0.25) is 0 Å². The van der Waals surface area contributed by atoms with E-state index in [1.54, 1.807) is 0 Å². The van der Waals surface area contributed by atoms with Gasteiger partial charge in [0.25, 0.3) is 0 Å². The molecule has 0 saturated heterocycles. The topological polar surface area (TPSA) is 64.9 Å². The largest absolute Gasteiger partial charge is 0.458 e. The minimum Gasteiger partial charge on any atom is -0.458 e. The first-order chi connectivity index (χ1) is 7.61. The first-order valence-electron chi connectivity index (χ1n) is 5.31. The Morgan fingerprint density at radius 1 is 1.25 bits per heavy atom. The number of hydrogen-bond acceptors (Lipinski definition) is 4. The number of furan rings is 1. The van der Waals surface area contributed by atoms with Crippen LogP contribution in [0.3, 0.4) is 0 Å². The molecule has 0 spiro atoms. The van der Waals surface area contributed by atoms with Crippen LogP contribution in [0.5, 0.6) is 0 Å². The maximum atomic E-state index is 5.85. The van der Waals surface area contributed by atoms with Crippen LogP contribution < -0.4 is 5.73 Å². The molecule has 0 radical (unpaired) electrons. The summed E-state index contributed by atoms with van der Waals surface area (Å²) in [5.74, 6) is 2.60. The maximum Gasteiger partial charge on any atom is 0.197 e. The predicted octanol–water partition coefficient (Wildman–Crippen LogP) is 2.50. The Bertz CT molecular complexity index is 517. The van der Waals surface area contributed by atoms with Gasteiger partial charge in [-0.15, -0.1) is 0 Å². The number of rotatable bonds is 2. The molecule has 2 aromatic heterocycles. The van der Waals surface area contributed by atoms with Gasteiger partial charge < -0.3 is 10.2 Å². The van der Waals surface area contributed by atoms with Gasteiger partial charge in [0.05, 0.1) is 0 Å². The molecule has 0 aliphatic rings. The third kappa shape index (κ3) is 1.78. The third-order valence-electron chi connectivity index (χ3n) is 2.58. The second-order valence-corrected chi connectivity index (χ2v) is 3.77. The van der Waals surface area contributed by atoms with Crippen molar-refractivity contribution >= 4 is 5.82 Å². The smallest absolute Gasteiger partial charge is 0.197 e. The fourth-order valence-corrected chi connectivity index (χ4v) is 1.59. The summed E-state index contributed by atoms with van der Waals surface area (Å²) in [6, 6.07) is 3.75. The van der Waals surface area contributed by atoms with Gasteiger partial charge >= 0.3 is 0 Å². The van der Waals surface area contributed by atoms with E-state index in [1.165, 1.54) is 0 Å². The number of aryl methyl sites for hydroxylation is 2. The zero-order valence-electron chi connectivity index (χ0n) is 9.74. The second-order valence-electron chi connectivity index (χ2n) is 3.77. The predicted molar refractivity (Wildman–Crippen MR) is 63.0 cm³/mol. The van der Waals surface area contributed by atoms with Gasteiger partial charge in [-0.05, 0) is 32.4 Å². The molecule has 2 aromatic rings. The van der Waals surface area contributed by atoms with Gasteiger partial charge in [-0.3, -0.25) is 0 Å². The van der Waals surface area contributed by atoms with Crippen LogP contribution in [-0.2, 0) is 6.42 Å². The van der Waals surface area contributed by atoms with Gasteiger partial charge in [0.2, 0.25) is 0 Å². The number of hydrogen-bond donors (Lipinski definition) is 1. The Hall–Kier alpha value is -1.84. The van der Waals surface area contributed by atoms with Crippen LogP contribution >= 0.6 is 0 Å². The van der Waals surface area contributed by atoms with Crippen molar-refractivity contribution in [1.29, 1.82) is 0 Å². The van der Waals surface area contributed by atoms with E-state index in [4.69, 9.17) is 10.2 Å². The van der Waals surface area contributed by atoms with Crippen LogP contribution in [0.25, 0.3) is 11.6 Å². The van der Waals surface area contributed by atoms with E-state index in [9.17, 15) is 0 Å². The van der Waals surface area contributed by atoms with Gasteiger partial charge in [0.15, 0.2) is 11.6 Å². The lowest BCUT2D eigenvalue weighted by molar-refractivity contribution is 0.543.